The molecule has 0 spiro atoms. The number of esters is 1. The number of piperidine rings is 1. The number of rotatable bonds is 3. The Morgan fingerprint density at radius 1 is 1.23 bits per heavy atom. The zero-order valence-corrected chi connectivity index (χ0v) is 18.3. The molecular weight excluding hydrogens is 379 g/mol. The minimum absolute atomic E-state index is 0.0692. The maximum absolute atomic E-state index is 12.8. The zero-order chi connectivity index (χ0) is 21.0. The summed E-state index contributed by atoms with van der Waals surface area (Å²) in [7, 11) is 7.15. The fraction of sp³-hybridized carbons (Fsp3) is 0.609. The van der Waals surface area contributed by atoms with Crippen LogP contribution in [0.15, 0.2) is 18.2 Å². The number of aromatic nitrogens is 1. The van der Waals surface area contributed by atoms with E-state index in [4.69, 9.17) is 14.2 Å². The highest BCUT2D eigenvalue weighted by Gasteiger charge is 2.52. The van der Waals surface area contributed by atoms with Gasteiger partial charge >= 0.3 is 5.97 Å². The molecule has 2 fully saturated rings. The Balaban J connectivity index is 1.52. The number of carbonyl (C=O) groups is 1. The first-order valence-corrected chi connectivity index (χ1v) is 11.1. The van der Waals surface area contributed by atoms with Crippen molar-refractivity contribution < 1.29 is 19.0 Å². The number of fused-ring (bicyclic) bond motifs is 6. The Labute approximate surface area is 178 Å². The van der Waals surface area contributed by atoms with Gasteiger partial charge in [-0.15, -0.1) is 0 Å². The second-order valence-corrected chi connectivity index (χ2v) is 9.31. The van der Waals surface area contributed by atoms with Gasteiger partial charge in [-0.2, -0.15) is 0 Å². The number of methoxy groups -OCH3 is 3. The monoisotopic (exact) mass is 410 g/mol. The highest BCUT2D eigenvalue weighted by Crippen LogP contribution is 2.52. The average Bonchev–Trinajstić information content (AvgIpc) is 3.14. The summed E-state index contributed by atoms with van der Waals surface area (Å²) in [6, 6.07) is 6.61. The summed E-state index contributed by atoms with van der Waals surface area (Å²) in [4.78, 5) is 19.2. The summed E-state index contributed by atoms with van der Waals surface area (Å²) in [5.41, 5.74) is 3.88. The molecule has 1 aromatic heterocycles. The van der Waals surface area contributed by atoms with Crippen LogP contribution in [0.3, 0.4) is 0 Å². The fourth-order valence-corrected chi connectivity index (χ4v) is 6.62. The van der Waals surface area contributed by atoms with Crippen LogP contribution in [0.5, 0.6) is 5.75 Å². The number of nitrogens with one attached hydrogen (secondary N) is 1. The summed E-state index contributed by atoms with van der Waals surface area (Å²) in [6.07, 6.45) is 3.07. The molecule has 160 valence electrons. The molecule has 1 saturated carbocycles. The molecule has 0 amide bonds. The predicted molar refractivity (Wildman–Crippen MR) is 118 cm³/mol. The standard InChI is InChI=1S/C23H31BN2O4/c1-28-13-4-5-14-15-6-7-26-11-12-8-17(24)22(29-2)20(23(27)30-3)16(12)10-19(26)21(15)25-18(14)9-13/h4-5,9,12,16-17,19-20,22,25H,6-8,10-11,24H2,1-3H3/t12-,16+,17?,19-,20+,22+/m1/s1. The number of benzene rings is 1. The molecule has 1 aromatic carbocycles. The van der Waals surface area contributed by atoms with E-state index in [-0.39, 0.29) is 23.9 Å². The topological polar surface area (TPSA) is 63.8 Å². The Kier molecular flexibility index (Phi) is 5.06. The lowest BCUT2D eigenvalue weighted by molar-refractivity contribution is -0.162. The van der Waals surface area contributed by atoms with Crippen LogP contribution in [0.1, 0.15) is 30.1 Å². The van der Waals surface area contributed by atoms with E-state index in [0.717, 1.165) is 43.6 Å². The molecule has 0 bridgehead atoms. The first kappa shape index (κ1) is 19.9. The molecule has 1 N–H and O–H groups in total. The molecule has 1 saturated heterocycles. The van der Waals surface area contributed by atoms with E-state index in [2.05, 4.69) is 29.9 Å². The molecule has 1 unspecified atom stereocenters. The predicted octanol–water partition coefficient (Wildman–Crippen LogP) is 2.34. The Bertz CT molecular complexity index is 960. The van der Waals surface area contributed by atoms with Gasteiger partial charge in [0.05, 0.1) is 32.3 Å². The van der Waals surface area contributed by atoms with Gasteiger partial charge in [0.2, 0.25) is 0 Å². The van der Waals surface area contributed by atoms with E-state index in [1.54, 1.807) is 14.2 Å². The number of H-pyrrole nitrogens is 1. The molecule has 30 heavy (non-hydrogen) atoms. The first-order valence-electron chi connectivity index (χ1n) is 11.1. The van der Waals surface area contributed by atoms with Crippen LogP contribution in [-0.2, 0) is 20.7 Å². The van der Waals surface area contributed by atoms with E-state index in [0.29, 0.717) is 17.8 Å². The summed E-state index contributed by atoms with van der Waals surface area (Å²) in [5, 5.41) is 1.30. The first-order chi connectivity index (χ1) is 14.5. The van der Waals surface area contributed by atoms with E-state index in [1.807, 2.05) is 6.07 Å². The number of aromatic amines is 1. The minimum atomic E-state index is -0.189. The summed E-state index contributed by atoms with van der Waals surface area (Å²) < 4.78 is 16.5. The Hall–Kier alpha value is -1.99. The second kappa shape index (κ2) is 7.61. The molecule has 0 radical (unpaired) electrons. The van der Waals surface area contributed by atoms with Crippen molar-refractivity contribution in [2.45, 2.75) is 37.2 Å². The fourth-order valence-electron chi connectivity index (χ4n) is 6.62. The van der Waals surface area contributed by atoms with Gasteiger partial charge in [0.15, 0.2) is 0 Å². The van der Waals surface area contributed by atoms with Gasteiger partial charge in [-0.1, -0.05) is 6.42 Å². The maximum Gasteiger partial charge on any atom is 0.311 e. The lowest BCUT2D eigenvalue weighted by Crippen LogP contribution is -2.55. The van der Waals surface area contributed by atoms with Crippen molar-refractivity contribution in [3.05, 3.63) is 29.5 Å². The number of ether oxygens (including phenoxy) is 3. The van der Waals surface area contributed by atoms with Crippen LogP contribution in [0, 0.1) is 17.8 Å². The molecule has 6 nitrogen and oxygen atoms in total. The van der Waals surface area contributed by atoms with Crippen molar-refractivity contribution in [2.75, 3.05) is 34.4 Å². The van der Waals surface area contributed by atoms with Crippen LogP contribution >= 0.6 is 0 Å². The SMILES string of the molecule is BC1C[C@@H]2CN3CCc4c([nH]c5cc(OC)ccc45)[C@H]3C[C@@H]2[C@H](C(=O)OC)[C@H]1OC. The third kappa shape index (κ3) is 2.97. The van der Waals surface area contributed by atoms with Crippen LogP contribution in [0.25, 0.3) is 10.9 Å². The van der Waals surface area contributed by atoms with Crippen molar-refractivity contribution in [3.8, 4) is 5.75 Å². The Morgan fingerprint density at radius 2 is 2.07 bits per heavy atom. The molecule has 3 aliphatic rings. The second-order valence-electron chi connectivity index (χ2n) is 9.31. The molecule has 2 aliphatic heterocycles. The van der Waals surface area contributed by atoms with Gasteiger partial charge in [0.1, 0.15) is 13.6 Å². The third-order valence-corrected chi connectivity index (χ3v) is 7.94. The van der Waals surface area contributed by atoms with Gasteiger partial charge < -0.3 is 19.2 Å². The summed E-state index contributed by atoms with van der Waals surface area (Å²) >= 11 is 0. The van der Waals surface area contributed by atoms with E-state index in [9.17, 15) is 4.79 Å². The van der Waals surface area contributed by atoms with Crippen molar-refractivity contribution in [1.29, 1.82) is 0 Å². The molecule has 6 atom stereocenters. The van der Waals surface area contributed by atoms with E-state index in [1.165, 1.54) is 23.8 Å². The number of hydrogen-bond donors (Lipinski definition) is 1. The van der Waals surface area contributed by atoms with Crippen LogP contribution in [-0.4, -0.2) is 64.2 Å². The molecule has 3 heterocycles. The van der Waals surface area contributed by atoms with Crippen molar-refractivity contribution in [3.63, 3.8) is 0 Å². The van der Waals surface area contributed by atoms with Gasteiger partial charge in [0, 0.05) is 42.9 Å². The lowest BCUT2D eigenvalue weighted by atomic mass is 9.57. The van der Waals surface area contributed by atoms with Crippen molar-refractivity contribution >= 4 is 24.7 Å². The van der Waals surface area contributed by atoms with Crippen LogP contribution < -0.4 is 4.74 Å². The normalized spacial score (nSPS) is 33.4. The summed E-state index contributed by atoms with van der Waals surface area (Å²) in [6.45, 7) is 2.12. The van der Waals surface area contributed by atoms with Crippen LogP contribution in [0.4, 0.5) is 0 Å². The number of hydrogen-bond acceptors (Lipinski definition) is 5. The number of carbonyl (C=O) groups excluding carboxylic acids is 1. The third-order valence-electron chi connectivity index (χ3n) is 7.94. The van der Waals surface area contributed by atoms with Gasteiger partial charge in [-0.25, -0.2) is 0 Å². The molecule has 7 heteroatoms. The molecule has 2 aromatic rings. The molecule has 1 aliphatic carbocycles. The average molecular weight is 410 g/mol. The number of nitrogens with zero attached hydrogens (tertiary/aromatic N) is 1. The van der Waals surface area contributed by atoms with Crippen molar-refractivity contribution in [2.24, 2.45) is 17.8 Å². The van der Waals surface area contributed by atoms with Crippen molar-refractivity contribution in [1.82, 2.24) is 9.88 Å². The van der Waals surface area contributed by atoms with Crippen LogP contribution in [0.2, 0.25) is 5.82 Å². The van der Waals surface area contributed by atoms with Gasteiger partial charge in [-0.3, -0.25) is 9.69 Å². The van der Waals surface area contributed by atoms with E-state index < -0.39 is 0 Å². The van der Waals surface area contributed by atoms with Gasteiger partial charge in [0.25, 0.3) is 0 Å². The highest BCUT2D eigenvalue weighted by molar-refractivity contribution is 6.12. The summed E-state index contributed by atoms with van der Waals surface area (Å²) in [5.74, 6) is 1.72. The highest BCUT2D eigenvalue weighted by atomic mass is 16.5. The Morgan fingerprint density at radius 3 is 2.80 bits per heavy atom. The van der Waals surface area contributed by atoms with E-state index >= 15 is 0 Å². The maximum atomic E-state index is 12.8. The molecular formula is C23H31BN2O4. The zero-order valence-electron chi connectivity index (χ0n) is 18.3. The quantitative estimate of drug-likeness (QED) is 0.622. The molecule has 5 rings (SSSR count). The lowest BCUT2D eigenvalue weighted by Gasteiger charge is -2.53. The van der Waals surface area contributed by atoms with Gasteiger partial charge in [-0.05, 0) is 48.2 Å². The largest absolute Gasteiger partial charge is 0.497 e. The smallest absolute Gasteiger partial charge is 0.311 e. The minimum Gasteiger partial charge on any atom is -0.497 e.